The fourth-order valence-electron chi connectivity index (χ4n) is 2.79. The highest BCUT2D eigenvalue weighted by atomic mass is 16.5. The molecule has 1 aliphatic rings. The fourth-order valence-corrected chi connectivity index (χ4v) is 2.79. The summed E-state index contributed by atoms with van der Waals surface area (Å²) in [6.45, 7) is 2.67. The summed E-state index contributed by atoms with van der Waals surface area (Å²) in [6.07, 6.45) is 0.315. The first kappa shape index (κ1) is 13.9. The highest BCUT2D eigenvalue weighted by Crippen LogP contribution is 2.34. The molecule has 1 saturated heterocycles. The van der Waals surface area contributed by atoms with Gasteiger partial charge in [0.15, 0.2) is 6.10 Å². The van der Waals surface area contributed by atoms with E-state index in [0.717, 1.165) is 35.1 Å². The van der Waals surface area contributed by atoms with Gasteiger partial charge in [-0.15, -0.1) is 0 Å². The first-order valence-corrected chi connectivity index (χ1v) is 7.27. The molecule has 1 amide bonds. The van der Waals surface area contributed by atoms with Gasteiger partial charge in [-0.05, 0) is 12.3 Å². The minimum Gasteiger partial charge on any atom is -0.480 e. The molecule has 0 bridgehead atoms. The van der Waals surface area contributed by atoms with Crippen molar-refractivity contribution in [2.75, 3.05) is 13.6 Å². The van der Waals surface area contributed by atoms with Crippen molar-refractivity contribution in [1.29, 1.82) is 0 Å². The van der Waals surface area contributed by atoms with E-state index in [4.69, 9.17) is 10.5 Å². The minimum absolute atomic E-state index is 0.0403. The number of carbonyl (C=O) groups excluding carboxylic acids is 1. The van der Waals surface area contributed by atoms with Gasteiger partial charge in [0.2, 0.25) is 0 Å². The van der Waals surface area contributed by atoms with Gasteiger partial charge in [-0.25, -0.2) is 0 Å². The second-order valence-electron chi connectivity index (χ2n) is 5.65. The number of likely N-dealkylation sites (N-methyl/N-ethyl adjacent to an activating group) is 1. The van der Waals surface area contributed by atoms with Crippen LogP contribution in [-0.4, -0.2) is 30.5 Å². The lowest BCUT2D eigenvalue weighted by molar-refractivity contribution is -0.132. The Morgan fingerprint density at radius 2 is 2.05 bits per heavy atom. The topological polar surface area (TPSA) is 55.6 Å². The summed E-state index contributed by atoms with van der Waals surface area (Å²) in [4.78, 5) is 13.8. The van der Waals surface area contributed by atoms with Crippen LogP contribution in [0.2, 0.25) is 0 Å². The average molecular weight is 284 g/mol. The Kier molecular flexibility index (Phi) is 3.55. The maximum atomic E-state index is 12.1. The maximum Gasteiger partial charge on any atom is 0.263 e. The number of fused-ring (bicyclic) bond motifs is 1. The number of carbonyl (C=O) groups is 1. The summed E-state index contributed by atoms with van der Waals surface area (Å²) in [5, 5.41) is 2.10. The molecule has 2 aromatic rings. The van der Waals surface area contributed by atoms with Gasteiger partial charge in [-0.2, -0.15) is 0 Å². The smallest absolute Gasteiger partial charge is 0.263 e. The van der Waals surface area contributed by atoms with Crippen LogP contribution in [0.3, 0.4) is 0 Å². The zero-order valence-electron chi connectivity index (χ0n) is 12.4. The van der Waals surface area contributed by atoms with Crippen molar-refractivity contribution in [3.8, 4) is 5.75 Å². The van der Waals surface area contributed by atoms with Crippen molar-refractivity contribution in [2.45, 2.75) is 25.5 Å². The molecule has 1 fully saturated rings. The number of ether oxygens (including phenoxy) is 1. The summed E-state index contributed by atoms with van der Waals surface area (Å²) in [6, 6.07) is 11.9. The SMILES string of the molecule is C[C@H](N)c1ccc2ccccc2c1OC1CCN(C)C1=O. The standard InChI is InChI=1S/C17H20N2O2/c1-11(18)13-8-7-12-5-3-4-6-14(12)16(13)21-15-9-10-19(2)17(15)20/h3-8,11,15H,9-10,18H2,1-2H3/t11-,15?/m0/s1. The zero-order valence-corrected chi connectivity index (χ0v) is 12.4. The van der Waals surface area contributed by atoms with Crippen LogP contribution in [0.5, 0.6) is 5.75 Å². The minimum atomic E-state index is -0.404. The summed E-state index contributed by atoms with van der Waals surface area (Å²) in [5.41, 5.74) is 7.01. The quantitative estimate of drug-likeness (QED) is 0.942. The molecule has 1 heterocycles. The second kappa shape index (κ2) is 5.37. The number of amides is 1. The zero-order chi connectivity index (χ0) is 15.0. The second-order valence-corrected chi connectivity index (χ2v) is 5.65. The Balaban J connectivity index is 2.06. The molecule has 0 aromatic heterocycles. The Labute approximate surface area is 124 Å². The molecule has 0 radical (unpaired) electrons. The van der Waals surface area contributed by atoms with E-state index in [2.05, 4.69) is 0 Å². The van der Waals surface area contributed by atoms with Crippen LogP contribution < -0.4 is 10.5 Å². The molecular formula is C17H20N2O2. The van der Waals surface area contributed by atoms with Crippen molar-refractivity contribution in [2.24, 2.45) is 5.73 Å². The largest absolute Gasteiger partial charge is 0.480 e. The van der Waals surface area contributed by atoms with E-state index in [0.29, 0.717) is 0 Å². The molecule has 1 unspecified atom stereocenters. The van der Waals surface area contributed by atoms with Gasteiger partial charge in [0.25, 0.3) is 5.91 Å². The molecule has 0 spiro atoms. The average Bonchev–Trinajstić information content (AvgIpc) is 2.79. The number of hydrogen-bond acceptors (Lipinski definition) is 3. The Morgan fingerprint density at radius 1 is 1.29 bits per heavy atom. The summed E-state index contributed by atoms with van der Waals surface area (Å²) in [7, 11) is 1.81. The fraction of sp³-hybridized carbons (Fsp3) is 0.353. The van der Waals surface area contributed by atoms with Crippen LogP contribution >= 0.6 is 0 Å². The molecule has 3 rings (SSSR count). The van der Waals surface area contributed by atoms with Gasteiger partial charge in [-0.1, -0.05) is 36.4 Å². The number of hydrogen-bond donors (Lipinski definition) is 1. The predicted molar refractivity (Wildman–Crippen MR) is 83.2 cm³/mol. The third-order valence-electron chi connectivity index (χ3n) is 4.04. The number of benzene rings is 2. The van der Waals surface area contributed by atoms with Crippen molar-refractivity contribution in [3.05, 3.63) is 42.0 Å². The summed E-state index contributed by atoms with van der Waals surface area (Å²) >= 11 is 0. The monoisotopic (exact) mass is 284 g/mol. The molecule has 2 atom stereocenters. The van der Waals surface area contributed by atoms with E-state index in [-0.39, 0.29) is 11.9 Å². The molecule has 1 aliphatic heterocycles. The van der Waals surface area contributed by atoms with Crippen molar-refractivity contribution >= 4 is 16.7 Å². The molecule has 21 heavy (non-hydrogen) atoms. The molecule has 0 aliphatic carbocycles. The van der Waals surface area contributed by atoms with E-state index >= 15 is 0 Å². The van der Waals surface area contributed by atoms with Gasteiger partial charge < -0.3 is 15.4 Å². The lowest BCUT2D eigenvalue weighted by Gasteiger charge is -2.20. The van der Waals surface area contributed by atoms with Crippen LogP contribution in [0, 0.1) is 0 Å². The maximum absolute atomic E-state index is 12.1. The number of likely N-dealkylation sites (tertiary alicyclic amines) is 1. The molecule has 110 valence electrons. The lowest BCUT2D eigenvalue weighted by Crippen LogP contribution is -2.30. The van der Waals surface area contributed by atoms with Gasteiger partial charge in [0, 0.05) is 37.0 Å². The van der Waals surface area contributed by atoms with Crippen LogP contribution in [-0.2, 0) is 4.79 Å². The predicted octanol–water partition coefficient (Wildman–Crippen LogP) is 2.47. The molecule has 4 nitrogen and oxygen atoms in total. The Morgan fingerprint density at radius 3 is 2.71 bits per heavy atom. The Hall–Kier alpha value is -2.07. The molecule has 2 aromatic carbocycles. The first-order valence-electron chi connectivity index (χ1n) is 7.27. The van der Waals surface area contributed by atoms with Crippen LogP contribution in [0.4, 0.5) is 0 Å². The lowest BCUT2D eigenvalue weighted by atomic mass is 10.0. The number of nitrogens with zero attached hydrogens (tertiary/aromatic N) is 1. The van der Waals surface area contributed by atoms with E-state index in [1.165, 1.54) is 0 Å². The normalized spacial score (nSPS) is 20.0. The van der Waals surface area contributed by atoms with Crippen LogP contribution in [0.25, 0.3) is 10.8 Å². The van der Waals surface area contributed by atoms with Crippen LogP contribution in [0.1, 0.15) is 24.9 Å². The third kappa shape index (κ3) is 2.47. The number of rotatable bonds is 3. The summed E-state index contributed by atoms with van der Waals surface area (Å²) < 4.78 is 6.09. The van der Waals surface area contributed by atoms with Gasteiger partial charge >= 0.3 is 0 Å². The highest BCUT2D eigenvalue weighted by Gasteiger charge is 2.32. The molecule has 0 saturated carbocycles. The first-order chi connectivity index (χ1) is 10.1. The highest BCUT2D eigenvalue weighted by molar-refractivity contribution is 5.90. The molecular weight excluding hydrogens is 264 g/mol. The van der Waals surface area contributed by atoms with E-state index < -0.39 is 6.10 Å². The van der Waals surface area contributed by atoms with Gasteiger partial charge in [-0.3, -0.25) is 4.79 Å². The van der Waals surface area contributed by atoms with Crippen LogP contribution in [0.15, 0.2) is 36.4 Å². The number of nitrogens with two attached hydrogens (primary N) is 1. The summed E-state index contributed by atoms with van der Waals surface area (Å²) in [5.74, 6) is 0.787. The van der Waals surface area contributed by atoms with Crippen molar-refractivity contribution < 1.29 is 9.53 Å². The molecule has 2 N–H and O–H groups in total. The van der Waals surface area contributed by atoms with Crippen molar-refractivity contribution in [1.82, 2.24) is 4.90 Å². The third-order valence-corrected chi connectivity index (χ3v) is 4.04. The van der Waals surface area contributed by atoms with Gasteiger partial charge in [0.05, 0.1) is 0 Å². The van der Waals surface area contributed by atoms with E-state index in [1.807, 2.05) is 43.3 Å². The molecule has 4 heteroatoms. The Bertz CT molecular complexity index is 682. The van der Waals surface area contributed by atoms with E-state index in [1.54, 1.807) is 11.9 Å². The van der Waals surface area contributed by atoms with E-state index in [9.17, 15) is 4.79 Å². The van der Waals surface area contributed by atoms with Crippen molar-refractivity contribution in [3.63, 3.8) is 0 Å². The van der Waals surface area contributed by atoms with Gasteiger partial charge in [0.1, 0.15) is 5.75 Å².